The zero-order chi connectivity index (χ0) is 45.2. The first-order chi connectivity index (χ1) is 28.1. The lowest BCUT2D eigenvalue weighted by atomic mass is 9.71. The monoisotopic (exact) mass is 824 g/mol. The predicted octanol–water partition coefficient (Wildman–Crippen LogP) is 9.91. The zero-order valence-corrected chi connectivity index (χ0v) is 37.6. The lowest BCUT2D eigenvalue weighted by Crippen LogP contribution is -2.39. The SMILES string of the molecule is COC(=O)CCC(=O)OC1CC(C)(C)C(/C=C/C(C)=CC=CC(C)=C/C=C/C=C(C)C=CC=C(C)/C=C/C2=C(C)C(=O)C(OC(=O)CCC(=O)OC)CC2(C)C)=C(C)C1=O. The van der Waals surface area contributed by atoms with E-state index >= 15 is 0 Å². The van der Waals surface area contributed by atoms with Gasteiger partial charge in [0.2, 0.25) is 0 Å². The van der Waals surface area contributed by atoms with Crippen LogP contribution in [0.5, 0.6) is 0 Å². The smallest absolute Gasteiger partial charge is 0.307 e. The Morgan fingerprint density at radius 2 is 0.817 bits per heavy atom. The van der Waals surface area contributed by atoms with Gasteiger partial charge in [-0.3, -0.25) is 28.8 Å². The molecule has 0 heterocycles. The molecule has 0 aromatic carbocycles. The quantitative estimate of drug-likeness (QED) is 0.0746. The number of carbonyl (C=O) groups excluding carboxylic acids is 6. The number of allylic oxidation sites excluding steroid dienone is 20. The molecule has 2 atom stereocenters. The molecule has 0 aliphatic heterocycles. The minimum Gasteiger partial charge on any atom is -0.469 e. The molecule has 0 bridgehead atoms. The van der Waals surface area contributed by atoms with Crippen molar-refractivity contribution in [3.05, 3.63) is 130 Å². The third-order valence-corrected chi connectivity index (χ3v) is 10.3. The van der Waals surface area contributed by atoms with Crippen molar-refractivity contribution >= 4 is 35.4 Å². The number of hydrogen-bond acceptors (Lipinski definition) is 10. The summed E-state index contributed by atoms with van der Waals surface area (Å²) in [5.74, 6) is -2.65. The van der Waals surface area contributed by atoms with Crippen LogP contribution in [0.15, 0.2) is 130 Å². The van der Waals surface area contributed by atoms with Crippen LogP contribution in [-0.4, -0.2) is 61.9 Å². The number of rotatable bonds is 18. The summed E-state index contributed by atoms with van der Waals surface area (Å²) in [7, 11) is 2.51. The van der Waals surface area contributed by atoms with Crippen LogP contribution < -0.4 is 0 Å². The van der Waals surface area contributed by atoms with Crippen molar-refractivity contribution in [2.75, 3.05) is 14.2 Å². The highest BCUT2D eigenvalue weighted by Crippen LogP contribution is 2.42. The van der Waals surface area contributed by atoms with Crippen molar-refractivity contribution in [1.29, 1.82) is 0 Å². The van der Waals surface area contributed by atoms with Crippen molar-refractivity contribution < 1.29 is 47.7 Å². The van der Waals surface area contributed by atoms with Crippen molar-refractivity contribution in [3.63, 3.8) is 0 Å². The molecule has 2 aliphatic rings. The van der Waals surface area contributed by atoms with Crippen molar-refractivity contribution in [1.82, 2.24) is 0 Å². The standard InChI is InChI=1S/C50H64O10/c1-33(19-15-21-35(3)23-25-39-37(5)47(55)41(31-49(39,7)8)59-45(53)29-27-43(51)57-11)17-13-14-18-34(2)20-16-22-36(4)24-26-40-38(6)48(56)42(32-50(40,9)10)60-46(54)30-28-44(52)58-12/h13-26,41-42H,27-32H2,1-12H3/b14-13+,19-15?,20-16?,25-23+,26-24+,33-17?,34-18?,35-21?,36-22?. The number of hydrogen-bond donors (Lipinski definition) is 0. The molecule has 0 fully saturated rings. The lowest BCUT2D eigenvalue weighted by molar-refractivity contribution is -0.158. The van der Waals surface area contributed by atoms with Crippen LogP contribution >= 0.6 is 0 Å². The number of ether oxygens (including phenoxy) is 4. The molecule has 0 amide bonds. The summed E-state index contributed by atoms with van der Waals surface area (Å²) < 4.78 is 20.1. The van der Waals surface area contributed by atoms with E-state index in [1.54, 1.807) is 13.8 Å². The van der Waals surface area contributed by atoms with Crippen molar-refractivity contribution in [2.45, 2.75) is 120 Å². The summed E-state index contributed by atoms with van der Waals surface area (Å²) in [6.07, 6.45) is 26.3. The Morgan fingerprint density at radius 3 is 1.15 bits per heavy atom. The van der Waals surface area contributed by atoms with Crippen LogP contribution in [0.1, 0.15) is 108 Å². The number of esters is 4. The number of ketones is 2. The highest BCUT2D eigenvalue weighted by molar-refractivity contribution is 6.02. The van der Waals surface area contributed by atoms with Gasteiger partial charge in [-0.25, -0.2) is 0 Å². The van der Waals surface area contributed by atoms with Crippen molar-refractivity contribution in [2.24, 2.45) is 10.8 Å². The largest absolute Gasteiger partial charge is 0.469 e. The first-order valence-electron chi connectivity index (χ1n) is 20.2. The molecule has 0 saturated carbocycles. The average Bonchev–Trinajstić information content (AvgIpc) is 3.18. The Hall–Kier alpha value is -5.64. The molecule has 0 aromatic rings. The molecule has 10 heteroatoms. The molecular formula is C50H64O10. The number of carbonyl (C=O) groups is 6. The Kier molecular flexibility index (Phi) is 20.1. The topological polar surface area (TPSA) is 139 Å². The summed E-state index contributed by atoms with van der Waals surface area (Å²) in [4.78, 5) is 73.4. The van der Waals surface area contributed by atoms with E-state index in [1.807, 2.05) is 140 Å². The molecule has 0 radical (unpaired) electrons. The molecular weight excluding hydrogens is 761 g/mol. The second-order valence-corrected chi connectivity index (χ2v) is 16.5. The zero-order valence-electron chi connectivity index (χ0n) is 37.6. The molecule has 2 rings (SSSR count). The first-order valence-corrected chi connectivity index (χ1v) is 20.2. The summed E-state index contributed by atoms with van der Waals surface area (Å²) in [5.41, 5.74) is 6.24. The molecule has 2 unspecified atom stereocenters. The van der Waals surface area contributed by atoms with E-state index in [4.69, 9.17) is 9.47 Å². The average molecular weight is 825 g/mol. The number of methoxy groups -OCH3 is 2. The van der Waals surface area contributed by atoms with Gasteiger partial charge in [0.15, 0.2) is 23.8 Å². The van der Waals surface area contributed by atoms with Crippen LogP contribution in [0.25, 0.3) is 0 Å². The fourth-order valence-corrected chi connectivity index (χ4v) is 6.80. The Balaban J connectivity index is 1.97. The molecule has 60 heavy (non-hydrogen) atoms. The number of Topliss-reactive ketones (excluding diaryl/α,β-unsaturated/α-hetero) is 2. The van der Waals surface area contributed by atoms with E-state index in [0.717, 1.165) is 33.4 Å². The van der Waals surface area contributed by atoms with E-state index in [2.05, 4.69) is 9.47 Å². The van der Waals surface area contributed by atoms with Crippen LogP contribution in [0.2, 0.25) is 0 Å². The molecule has 0 saturated heterocycles. The Morgan fingerprint density at radius 1 is 0.517 bits per heavy atom. The Bertz CT molecular complexity index is 1850. The summed E-state index contributed by atoms with van der Waals surface area (Å²) in [6, 6.07) is 0. The van der Waals surface area contributed by atoms with Gasteiger partial charge in [-0.05, 0) is 74.7 Å². The maximum absolute atomic E-state index is 13.1. The molecule has 324 valence electrons. The van der Waals surface area contributed by atoms with E-state index in [-0.39, 0.29) is 37.2 Å². The normalized spacial score (nSPS) is 20.7. The van der Waals surface area contributed by atoms with E-state index in [1.165, 1.54) is 14.2 Å². The molecule has 10 nitrogen and oxygen atoms in total. The van der Waals surface area contributed by atoms with Crippen LogP contribution in [0.3, 0.4) is 0 Å². The first kappa shape index (κ1) is 50.5. The third kappa shape index (κ3) is 16.5. The fourth-order valence-electron chi connectivity index (χ4n) is 6.80. The van der Waals surface area contributed by atoms with Gasteiger partial charge in [-0.1, -0.05) is 135 Å². The van der Waals surface area contributed by atoms with Gasteiger partial charge in [0, 0.05) is 12.8 Å². The summed E-state index contributed by atoms with van der Waals surface area (Å²) in [5, 5.41) is 0. The van der Waals surface area contributed by atoms with Crippen molar-refractivity contribution in [3.8, 4) is 0 Å². The Labute approximate surface area is 356 Å². The van der Waals surface area contributed by atoms with Gasteiger partial charge in [-0.15, -0.1) is 0 Å². The second kappa shape index (κ2) is 23.8. The van der Waals surface area contributed by atoms with Gasteiger partial charge in [0.1, 0.15) is 0 Å². The van der Waals surface area contributed by atoms with E-state index in [9.17, 15) is 28.8 Å². The van der Waals surface area contributed by atoms with Gasteiger partial charge in [0.05, 0.1) is 39.9 Å². The minimum absolute atomic E-state index is 0.0913. The van der Waals surface area contributed by atoms with E-state index < -0.39 is 46.9 Å². The maximum Gasteiger partial charge on any atom is 0.307 e. The fraction of sp³-hybridized carbons (Fsp3) is 0.440. The minimum atomic E-state index is -0.882. The van der Waals surface area contributed by atoms with Gasteiger partial charge in [-0.2, -0.15) is 0 Å². The third-order valence-electron chi connectivity index (χ3n) is 10.3. The predicted molar refractivity (Wildman–Crippen MR) is 235 cm³/mol. The van der Waals surface area contributed by atoms with E-state index in [0.29, 0.717) is 24.0 Å². The maximum atomic E-state index is 13.1. The summed E-state index contributed by atoms with van der Waals surface area (Å²) in [6.45, 7) is 19.6. The summed E-state index contributed by atoms with van der Waals surface area (Å²) >= 11 is 0. The lowest BCUT2D eigenvalue weighted by Gasteiger charge is -2.36. The second-order valence-electron chi connectivity index (χ2n) is 16.5. The van der Waals surface area contributed by atoms with Gasteiger partial charge < -0.3 is 18.9 Å². The molecule has 0 spiro atoms. The molecule has 2 aliphatic carbocycles. The van der Waals surface area contributed by atoms with Gasteiger partial charge in [0.25, 0.3) is 0 Å². The molecule has 0 N–H and O–H groups in total. The molecule has 0 aromatic heterocycles. The van der Waals surface area contributed by atoms with Crippen LogP contribution in [0.4, 0.5) is 0 Å². The highest BCUT2D eigenvalue weighted by Gasteiger charge is 2.41. The van der Waals surface area contributed by atoms with Gasteiger partial charge >= 0.3 is 23.9 Å². The highest BCUT2D eigenvalue weighted by atomic mass is 16.6. The van der Waals surface area contributed by atoms with Crippen LogP contribution in [-0.2, 0) is 47.7 Å². The van der Waals surface area contributed by atoms with Crippen LogP contribution in [0, 0.1) is 10.8 Å².